The average Bonchev–Trinajstić information content (AvgIpc) is 3.35. The van der Waals surface area contributed by atoms with E-state index in [4.69, 9.17) is 0 Å². The summed E-state index contributed by atoms with van der Waals surface area (Å²) in [7, 11) is 1.62. The number of carbonyl (C=O) groups excluding carboxylic acids is 1. The second-order valence-electron chi connectivity index (χ2n) is 8.35. The van der Waals surface area contributed by atoms with Gasteiger partial charge in [-0.05, 0) is 59.9 Å². The van der Waals surface area contributed by atoms with Gasteiger partial charge in [0.15, 0.2) is 0 Å². The van der Waals surface area contributed by atoms with E-state index in [0.29, 0.717) is 11.1 Å². The first-order chi connectivity index (χ1) is 15.6. The maximum Gasteiger partial charge on any atom is 0.274 e. The minimum absolute atomic E-state index is 0.113. The molecule has 0 fully saturated rings. The van der Waals surface area contributed by atoms with Gasteiger partial charge in [0.1, 0.15) is 0 Å². The number of benzene rings is 2. The molecular formula is C26H25N3O2S. The Hall–Kier alpha value is -3.25. The van der Waals surface area contributed by atoms with Crippen molar-refractivity contribution in [2.24, 2.45) is 7.05 Å². The van der Waals surface area contributed by atoms with E-state index in [9.17, 15) is 9.59 Å². The Morgan fingerprint density at radius 1 is 1.06 bits per heavy atom. The molecule has 0 bridgehead atoms. The smallest absolute Gasteiger partial charge is 0.274 e. The standard InChI is InChI=1S/C26H25N3O2S/c1-29-26(31)21-10-5-4-9-20(21)22(28-29)16-24(30)27-25(23-11-6-14-32-23)19-13-12-17-7-2-3-8-18(17)15-19/h4-6,9-15,25H,2-3,7-8,16H2,1H3,(H,27,30)/t25-/m1/s1. The highest BCUT2D eigenvalue weighted by Crippen LogP contribution is 2.30. The molecule has 1 N–H and O–H groups in total. The summed E-state index contributed by atoms with van der Waals surface area (Å²) in [5.74, 6) is -0.113. The quantitative estimate of drug-likeness (QED) is 0.500. The minimum Gasteiger partial charge on any atom is -0.344 e. The average molecular weight is 444 g/mol. The molecule has 5 rings (SSSR count). The van der Waals surface area contributed by atoms with Crippen LogP contribution in [0.15, 0.2) is 64.8 Å². The molecule has 1 aliphatic carbocycles. The van der Waals surface area contributed by atoms with Crippen molar-refractivity contribution in [2.45, 2.75) is 38.1 Å². The lowest BCUT2D eigenvalue weighted by molar-refractivity contribution is -0.121. The van der Waals surface area contributed by atoms with Crippen molar-refractivity contribution < 1.29 is 4.79 Å². The predicted octanol–water partition coefficient (Wildman–Crippen LogP) is 4.32. The Morgan fingerprint density at radius 2 is 1.84 bits per heavy atom. The van der Waals surface area contributed by atoms with E-state index < -0.39 is 0 Å². The molecule has 0 unspecified atom stereocenters. The van der Waals surface area contributed by atoms with Crippen LogP contribution in [0.4, 0.5) is 0 Å². The molecule has 162 valence electrons. The number of rotatable bonds is 5. The number of hydrogen-bond donors (Lipinski definition) is 1. The van der Waals surface area contributed by atoms with E-state index >= 15 is 0 Å². The van der Waals surface area contributed by atoms with Gasteiger partial charge in [-0.1, -0.05) is 42.5 Å². The van der Waals surface area contributed by atoms with Crippen molar-refractivity contribution in [3.8, 4) is 0 Å². The van der Waals surface area contributed by atoms with Crippen LogP contribution < -0.4 is 10.9 Å². The van der Waals surface area contributed by atoms with Crippen molar-refractivity contribution in [1.29, 1.82) is 0 Å². The van der Waals surface area contributed by atoms with Crippen LogP contribution in [0.25, 0.3) is 10.8 Å². The Labute approximate surface area is 190 Å². The van der Waals surface area contributed by atoms with Crippen LogP contribution in [-0.2, 0) is 31.1 Å². The SMILES string of the molecule is Cn1nc(CC(=O)N[C@H](c2ccc3c(c2)CCCC3)c2cccs2)c2ccccc2c1=O. The van der Waals surface area contributed by atoms with Gasteiger partial charge in [0.25, 0.3) is 5.56 Å². The molecule has 1 aliphatic rings. The second kappa shape index (κ2) is 8.71. The summed E-state index contributed by atoms with van der Waals surface area (Å²) in [6.07, 6.45) is 4.82. The molecule has 6 heteroatoms. The van der Waals surface area contributed by atoms with E-state index in [1.54, 1.807) is 24.5 Å². The number of aryl methyl sites for hydroxylation is 3. The number of amides is 1. The van der Waals surface area contributed by atoms with Crippen molar-refractivity contribution >= 4 is 28.0 Å². The van der Waals surface area contributed by atoms with Gasteiger partial charge in [-0.15, -0.1) is 11.3 Å². The molecular weight excluding hydrogens is 418 g/mol. The summed E-state index contributed by atoms with van der Waals surface area (Å²) in [6.45, 7) is 0. The van der Waals surface area contributed by atoms with Crippen LogP contribution in [0.5, 0.6) is 0 Å². The van der Waals surface area contributed by atoms with Crippen LogP contribution in [-0.4, -0.2) is 15.7 Å². The summed E-state index contributed by atoms with van der Waals surface area (Å²) in [5, 5.41) is 11.0. The Kier molecular flexibility index (Phi) is 5.62. The molecule has 4 aromatic rings. The fraction of sp³-hybridized carbons (Fsp3) is 0.269. The van der Waals surface area contributed by atoms with Crippen LogP contribution >= 0.6 is 11.3 Å². The van der Waals surface area contributed by atoms with Crippen molar-refractivity contribution in [2.75, 3.05) is 0 Å². The highest BCUT2D eigenvalue weighted by Gasteiger charge is 2.21. The Bertz CT molecular complexity index is 1340. The monoisotopic (exact) mass is 443 g/mol. The predicted molar refractivity (Wildman–Crippen MR) is 128 cm³/mol. The largest absolute Gasteiger partial charge is 0.344 e. The van der Waals surface area contributed by atoms with Gasteiger partial charge in [-0.25, -0.2) is 4.68 Å². The molecule has 0 saturated heterocycles. The number of fused-ring (bicyclic) bond motifs is 2. The molecule has 0 aliphatic heterocycles. The molecule has 0 radical (unpaired) electrons. The van der Waals surface area contributed by atoms with Gasteiger partial charge in [0.2, 0.25) is 5.91 Å². The number of thiophene rings is 1. The van der Waals surface area contributed by atoms with Gasteiger partial charge < -0.3 is 5.32 Å². The number of nitrogens with one attached hydrogen (secondary N) is 1. The molecule has 2 heterocycles. The summed E-state index contributed by atoms with van der Waals surface area (Å²) in [4.78, 5) is 26.7. The second-order valence-corrected chi connectivity index (χ2v) is 9.33. The molecule has 0 saturated carbocycles. The van der Waals surface area contributed by atoms with Crippen LogP contribution in [0.3, 0.4) is 0 Å². The topological polar surface area (TPSA) is 64.0 Å². The van der Waals surface area contributed by atoms with E-state index in [1.807, 2.05) is 29.6 Å². The summed E-state index contributed by atoms with van der Waals surface area (Å²) >= 11 is 1.64. The maximum atomic E-state index is 13.2. The lowest BCUT2D eigenvalue weighted by Gasteiger charge is -2.22. The highest BCUT2D eigenvalue weighted by molar-refractivity contribution is 7.10. The Balaban J connectivity index is 1.45. The lowest BCUT2D eigenvalue weighted by atomic mass is 9.89. The maximum absolute atomic E-state index is 13.2. The zero-order valence-corrected chi connectivity index (χ0v) is 18.8. The first-order valence-electron chi connectivity index (χ1n) is 11.0. The van der Waals surface area contributed by atoms with Crippen molar-refractivity contribution in [1.82, 2.24) is 15.1 Å². The fourth-order valence-corrected chi connectivity index (χ4v) is 5.38. The zero-order valence-electron chi connectivity index (χ0n) is 18.0. The van der Waals surface area contributed by atoms with Crippen LogP contribution in [0.2, 0.25) is 0 Å². The van der Waals surface area contributed by atoms with Crippen molar-refractivity contribution in [3.63, 3.8) is 0 Å². The molecule has 32 heavy (non-hydrogen) atoms. The normalized spacial score (nSPS) is 14.2. The zero-order chi connectivity index (χ0) is 22.1. The van der Waals surface area contributed by atoms with Gasteiger partial charge in [-0.3, -0.25) is 9.59 Å². The molecule has 5 nitrogen and oxygen atoms in total. The number of nitrogens with zero attached hydrogens (tertiary/aromatic N) is 2. The molecule has 2 aromatic carbocycles. The molecule has 1 amide bonds. The van der Waals surface area contributed by atoms with Gasteiger partial charge in [-0.2, -0.15) is 5.10 Å². The first-order valence-corrected chi connectivity index (χ1v) is 11.9. The first kappa shape index (κ1) is 20.6. The lowest BCUT2D eigenvalue weighted by Crippen LogP contribution is -2.31. The molecule has 2 aromatic heterocycles. The third kappa shape index (κ3) is 3.98. The molecule has 1 atom stereocenters. The van der Waals surface area contributed by atoms with Crippen LogP contribution in [0, 0.1) is 0 Å². The third-order valence-corrected chi connectivity index (χ3v) is 7.14. The van der Waals surface area contributed by atoms with Crippen molar-refractivity contribution in [3.05, 3.63) is 97.6 Å². The summed E-state index contributed by atoms with van der Waals surface area (Å²) in [6, 6.07) is 17.8. The Morgan fingerprint density at radius 3 is 2.62 bits per heavy atom. The van der Waals surface area contributed by atoms with Gasteiger partial charge in [0.05, 0.1) is 23.5 Å². The fourth-order valence-electron chi connectivity index (χ4n) is 4.58. The third-order valence-electron chi connectivity index (χ3n) is 6.20. The minimum atomic E-state index is -0.200. The molecule has 0 spiro atoms. The highest BCUT2D eigenvalue weighted by atomic mass is 32.1. The van der Waals surface area contributed by atoms with Gasteiger partial charge in [0, 0.05) is 17.3 Å². The number of aromatic nitrogens is 2. The number of hydrogen-bond acceptors (Lipinski definition) is 4. The number of carbonyl (C=O) groups is 1. The van der Waals surface area contributed by atoms with E-state index in [0.717, 1.165) is 28.7 Å². The van der Waals surface area contributed by atoms with E-state index in [-0.39, 0.29) is 23.9 Å². The summed E-state index contributed by atoms with van der Waals surface area (Å²) in [5.41, 5.74) is 4.39. The van der Waals surface area contributed by atoms with Crippen LogP contribution in [0.1, 0.15) is 46.1 Å². The van der Waals surface area contributed by atoms with Gasteiger partial charge >= 0.3 is 0 Å². The summed E-state index contributed by atoms with van der Waals surface area (Å²) < 4.78 is 1.31. The van der Waals surface area contributed by atoms with E-state index in [2.05, 4.69) is 34.7 Å². The van der Waals surface area contributed by atoms with E-state index in [1.165, 1.54) is 28.7 Å².